The van der Waals surface area contributed by atoms with E-state index in [1.165, 1.54) is 0 Å². The smallest absolute Gasteiger partial charge is 0.410 e. The van der Waals surface area contributed by atoms with Crippen LogP contribution in [0.1, 0.15) is 46.1 Å². The van der Waals surface area contributed by atoms with Gasteiger partial charge in [0.05, 0.1) is 5.92 Å². The molecule has 0 aliphatic carbocycles. The number of amides is 2. The summed E-state index contributed by atoms with van der Waals surface area (Å²) in [7, 11) is 0. The van der Waals surface area contributed by atoms with Crippen LogP contribution in [0.15, 0.2) is 28.7 Å². The van der Waals surface area contributed by atoms with E-state index in [9.17, 15) is 9.59 Å². The van der Waals surface area contributed by atoms with Gasteiger partial charge in [0.25, 0.3) is 0 Å². The molecule has 0 saturated carbocycles. The van der Waals surface area contributed by atoms with Crippen LogP contribution in [0.2, 0.25) is 0 Å². The summed E-state index contributed by atoms with van der Waals surface area (Å²) in [5, 5.41) is 0. The Hall–Kier alpha value is -1.56. The molecule has 0 aromatic heterocycles. The van der Waals surface area contributed by atoms with Crippen molar-refractivity contribution in [2.24, 2.45) is 5.92 Å². The molecule has 0 bridgehead atoms. The zero-order chi connectivity index (χ0) is 19.3. The summed E-state index contributed by atoms with van der Waals surface area (Å²) in [6.07, 6.45) is 1.31. The van der Waals surface area contributed by atoms with E-state index in [4.69, 9.17) is 4.74 Å². The second kappa shape index (κ2) is 8.89. The van der Waals surface area contributed by atoms with Gasteiger partial charge in [-0.15, -0.1) is 0 Å². The molecule has 1 heterocycles. The van der Waals surface area contributed by atoms with Gasteiger partial charge < -0.3 is 14.5 Å². The first-order valence-electron chi connectivity index (χ1n) is 9.20. The molecule has 0 spiro atoms. The van der Waals surface area contributed by atoms with Gasteiger partial charge in [0.2, 0.25) is 5.91 Å². The summed E-state index contributed by atoms with van der Waals surface area (Å²) in [6, 6.07) is 8.01. The van der Waals surface area contributed by atoms with Gasteiger partial charge in [0, 0.05) is 30.7 Å². The summed E-state index contributed by atoms with van der Waals surface area (Å²) in [6.45, 7) is 9.88. The van der Waals surface area contributed by atoms with Crippen molar-refractivity contribution in [3.05, 3.63) is 34.3 Å². The Balaban J connectivity index is 1.99. The molecule has 5 nitrogen and oxygen atoms in total. The van der Waals surface area contributed by atoms with Crippen molar-refractivity contribution in [1.82, 2.24) is 9.80 Å². The lowest BCUT2D eigenvalue weighted by molar-refractivity contribution is -0.137. The molecule has 1 aliphatic heterocycles. The van der Waals surface area contributed by atoms with E-state index in [0.717, 1.165) is 22.9 Å². The highest BCUT2D eigenvalue weighted by atomic mass is 79.9. The normalized spacial score (nSPS) is 17.7. The number of ether oxygens (including phenoxy) is 1. The van der Waals surface area contributed by atoms with Crippen molar-refractivity contribution in [2.75, 3.05) is 19.6 Å². The van der Waals surface area contributed by atoms with E-state index in [-0.39, 0.29) is 17.9 Å². The number of piperidine rings is 1. The predicted molar refractivity (Wildman–Crippen MR) is 106 cm³/mol. The Morgan fingerprint density at radius 2 is 1.92 bits per heavy atom. The zero-order valence-corrected chi connectivity index (χ0v) is 17.7. The van der Waals surface area contributed by atoms with Crippen molar-refractivity contribution >= 4 is 27.9 Å². The van der Waals surface area contributed by atoms with Crippen LogP contribution < -0.4 is 0 Å². The lowest BCUT2D eigenvalue weighted by Gasteiger charge is -2.35. The molecule has 1 aromatic carbocycles. The number of rotatable bonds is 4. The molecule has 1 fully saturated rings. The van der Waals surface area contributed by atoms with Gasteiger partial charge in [-0.1, -0.05) is 28.1 Å². The van der Waals surface area contributed by atoms with Crippen LogP contribution in [0.25, 0.3) is 0 Å². The number of benzene rings is 1. The van der Waals surface area contributed by atoms with Gasteiger partial charge in [-0.2, -0.15) is 0 Å². The number of carbonyl (C=O) groups is 2. The van der Waals surface area contributed by atoms with Crippen molar-refractivity contribution in [3.63, 3.8) is 0 Å². The number of likely N-dealkylation sites (tertiary alicyclic amines) is 1. The number of nitrogens with zero attached hydrogens (tertiary/aromatic N) is 2. The number of hydrogen-bond acceptors (Lipinski definition) is 3. The van der Waals surface area contributed by atoms with Crippen LogP contribution in [0.5, 0.6) is 0 Å². The van der Waals surface area contributed by atoms with Gasteiger partial charge in [0.1, 0.15) is 5.60 Å². The highest BCUT2D eigenvalue weighted by Gasteiger charge is 2.32. The average molecular weight is 425 g/mol. The van der Waals surface area contributed by atoms with Gasteiger partial charge in [-0.3, -0.25) is 4.79 Å². The summed E-state index contributed by atoms with van der Waals surface area (Å²) in [5.41, 5.74) is 0.577. The van der Waals surface area contributed by atoms with E-state index in [2.05, 4.69) is 15.9 Å². The van der Waals surface area contributed by atoms with Crippen molar-refractivity contribution in [2.45, 2.75) is 52.7 Å². The lowest BCUT2D eigenvalue weighted by Crippen LogP contribution is -2.47. The third-order valence-electron chi connectivity index (χ3n) is 4.40. The van der Waals surface area contributed by atoms with Gasteiger partial charge in [0.15, 0.2) is 0 Å². The highest BCUT2D eigenvalue weighted by Crippen LogP contribution is 2.22. The molecule has 1 aromatic rings. The molecule has 1 aliphatic rings. The molecule has 144 valence electrons. The van der Waals surface area contributed by atoms with Gasteiger partial charge in [-0.25, -0.2) is 4.79 Å². The highest BCUT2D eigenvalue weighted by molar-refractivity contribution is 9.10. The van der Waals surface area contributed by atoms with Crippen LogP contribution in [-0.2, 0) is 16.1 Å². The van der Waals surface area contributed by atoms with Gasteiger partial charge in [-0.05, 0) is 58.2 Å². The summed E-state index contributed by atoms with van der Waals surface area (Å²) in [4.78, 5) is 28.8. The van der Waals surface area contributed by atoms with Crippen molar-refractivity contribution in [1.29, 1.82) is 0 Å². The number of hydrogen-bond donors (Lipinski definition) is 0. The molecule has 0 N–H and O–H groups in total. The minimum atomic E-state index is -0.523. The molecule has 0 unspecified atom stereocenters. The van der Waals surface area contributed by atoms with E-state index >= 15 is 0 Å². The van der Waals surface area contributed by atoms with Gasteiger partial charge >= 0.3 is 6.09 Å². The quantitative estimate of drug-likeness (QED) is 0.717. The summed E-state index contributed by atoms with van der Waals surface area (Å²) < 4.78 is 6.48. The Labute approximate surface area is 164 Å². The van der Waals surface area contributed by atoms with Crippen molar-refractivity contribution in [3.8, 4) is 0 Å². The summed E-state index contributed by atoms with van der Waals surface area (Å²) in [5.74, 6) is -0.0460. The van der Waals surface area contributed by atoms with Crippen LogP contribution in [0.3, 0.4) is 0 Å². The Morgan fingerprint density at radius 1 is 1.27 bits per heavy atom. The van der Waals surface area contributed by atoms with E-state index in [1.54, 1.807) is 4.90 Å². The molecule has 26 heavy (non-hydrogen) atoms. The van der Waals surface area contributed by atoms with Crippen molar-refractivity contribution < 1.29 is 14.3 Å². The lowest BCUT2D eigenvalue weighted by atomic mass is 9.96. The molecule has 1 atom stereocenters. The third-order valence-corrected chi connectivity index (χ3v) is 4.93. The Kier molecular flexibility index (Phi) is 7.09. The molecule has 2 rings (SSSR count). The SMILES string of the molecule is CCN(Cc1ccc(Br)cc1)C(=O)[C@H]1CCCN(C(=O)OC(C)(C)C)C1. The minimum absolute atomic E-state index is 0.115. The van der Waals surface area contributed by atoms with Crippen LogP contribution in [-0.4, -0.2) is 47.0 Å². The average Bonchev–Trinajstić information content (AvgIpc) is 2.59. The monoisotopic (exact) mass is 424 g/mol. The molecule has 2 amide bonds. The summed E-state index contributed by atoms with van der Waals surface area (Å²) >= 11 is 3.43. The molecular formula is C20H29BrN2O3. The fourth-order valence-electron chi connectivity index (χ4n) is 3.08. The second-order valence-electron chi connectivity index (χ2n) is 7.74. The Bertz CT molecular complexity index is 625. The maximum atomic E-state index is 13.0. The van der Waals surface area contributed by atoms with E-state index in [1.807, 2.05) is 56.9 Å². The third kappa shape index (κ3) is 6.01. The van der Waals surface area contributed by atoms with Crippen LogP contribution >= 0.6 is 15.9 Å². The molecule has 1 saturated heterocycles. The first kappa shape index (κ1) is 20.7. The molecule has 6 heteroatoms. The topological polar surface area (TPSA) is 49.9 Å². The number of carbonyl (C=O) groups excluding carboxylic acids is 2. The maximum absolute atomic E-state index is 13.0. The minimum Gasteiger partial charge on any atom is -0.444 e. The molecule has 0 radical (unpaired) electrons. The predicted octanol–water partition coefficient (Wildman–Crippen LogP) is 4.44. The standard InChI is InChI=1S/C20H29BrN2O3/c1-5-22(13-15-8-10-17(21)11-9-15)18(24)16-7-6-12-23(14-16)19(25)26-20(2,3)4/h8-11,16H,5-7,12-14H2,1-4H3/t16-/m0/s1. The fraction of sp³-hybridized carbons (Fsp3) is 0.600. The second-order valence-corrected chi connectivity index (χ2v) is 8.66. The fourth-order valence-corrected chi connectivity index (χ4v) is 3.35. The number of halogens is 1. The largest absolute Gasteiger partial charge is 0.444 e. The van der Waals surface area contributed by atoms with E-state index < -0.39 is 5.60 Å². The maximum Gasteiger partial charge on any atom is 0.410 e. The first-order valence-corrected chi connectivity index (χ1v) is 10.00. The Morgan fingerprint density at radius 3 is 2.50 bits per heavy atom. The van der Waals surface area contributed by atoms with Crippen LogP contribution in [0.4, 0.5) is 4.79 Å². The van der Waals surface area contributed by atoms with E-state index in [0.29, 0.717) is 26.2 Å². The molecular weight excluding hydrogens is 396 g/mol. The first-order chi connectivity index (χ1) is 12.2. The van der Waals surface area contributed by atoms with Crippen LogP contribution in [0, 0.1) is 5.92 Å². The zero-order valence-electron chi connectivity index (χ0n) is 16.1.